The summed E-state index contributed by atoms with van der Waals surface area (Å²) in [5.74, 6) is 0.165. The summed E-state index contributed by atoms with van der Waals surface area (Å²) < 4.78 is 0. The molecular weight excluding hydrogens is 254 g/mol. The zero-order chi connectivity index (χ0) is 12.5. The largest absolute Gasteiger partial charge is 0.339 e. The van der Waals surface area contributed by atoms with Gasteiger partial charge in [-0.1, -0.05) is 12.8 Å². The van der Waals surface area contributed by atoms with Crippen LogP contribution in [0.25, 0.3) is 0 Å². The van der Waals surface area contributed by atoms with Crippen LogP contribution >= 0.6 is 12.4 Å². The Balaban J connectivity index is 0.00000162. The number of nitrogens with two attached hydrogens (primary N) is 1. The van der Waals surface area contributed by atoms with Gasteiger partial charge in [-0.3, -0.25) is 9.59 Å². The minimum Gasteiger partial charge on any atom is -0.339 e. The summed E-state index contributed by atoms with van der Waals surface area (Å²) in [6, 6.07) is 0. The van der Waals surface area contributed by atoms with E-state index in [0.717, 1.165) is 25.7 Å². The van der Waals surface area contributed by atoms with Crippen LogP contribution in [0.4, 0.5) is 0 Å². The van der Waals surface area contributed by atoms with Gasteiger partial charge in [0.2, 0.25) is 11.8 Å². The van der Waals surface area contributed by atoms with Gasteiger partial charge in [-0.25, -0.2) is 0 Å². The Morgan fingerprint density at radius 1 is 1.00 bits per heavy atom. The van der Waals surface area contributed by atoms with E-state index in [4.69, 9.17) is 5.73 Å². The molecule has 1 aliphatic carbocycles. The average molecular weight is 276 g/mol. The summed E-state index contributed by atoms with van der Waals surface area (Å²) in [7, 11) is 0. The lowest BCUT2D eigenvalue weighted by molar-refractivity contribution is -0.142. The number of carbonyl (C=O) groups excluding carboxylic acids is 2. The third kappa shape index (κ3) is 2.95. The van der Waals surface area contributed by atoms with Crippen molar-refractivity contribution in [3.05, 3.63) is 0 Å². The maximum atomic E-state index is 12.3. The minimum absolute atomic E-state index is 0. The van der Waals surface area contributed by atoms with Gasteiger partial charge >= 0.3 is 0 Å². The van der Waals surface area contributed by atoms with Gasteiger partial charge in [0.25, 0.3) is 0 Å². The van der Waals surface area contributed by atoms with Gasteiger partial charge in [0.05, 0.1) is 5.54 Å². The topological polar surface area (TPSA) is 66.6 Å². The van der Waals surface area contributed by atoms with Crippen LogP contribution in [0.2, 0.25) is 0 Å². The first-order chi connectivity index (χ1) is 8.03. The molecule has 18 heavy (non-hydrogen) atoms. The van der Waals surface area contributed by atoms with Gasteiger partial charge in [-0.15, -0.1) is 12.4 Å². The second-order valence-corrected chi connectivity index (χ2v) is 5.16. The molecule has 0 aromatic carbocycles. The number of carbonyl (C=O) groups is 2. The highest BCUT2D eigenvalue weighted by atomic mass is 35.5. The molecule has 0 aromatic heterocycles. The molecule has 1 saturated carbocycles. The third-order valence-corrected chi connectivity index (χ3v) is 3.93. The Morgan fingerprint density at radius 2 is 1.44 bits per heavy atom. The minimum atomic E-state index is -0.627. The summed E-state index contributed by atoms with van der Waals surface area (Å²) in [5, 5.41) is 0. The van der Waals surface area contributed by atoms with Crippen LogP contribution < -0.4 is 5.73 Å². The molecule has 0 aromatic rings. The molecule has 0 atom stereocenters. The van der Waals surface area contributed by atoms with E-state index < -0.39 is 5.54 Å². The smallest absolute Gasteiger partial charge is 0.242 e. The van der Waals surface area contributed by atoms with Crippen molar-refractivity contribution < 1.29 is 9.59 Å². The number of rotatable bonds is 1. The fourth-order valence-corrected chi connectivity index (χ4v) is 2.76. The number of piperazine rings is 1. The van der Waals surface area contributed by atoms with E-state index >= 15 is 0 Å². The first kappa shape index (κ1) is 15.2. The van der Waals surface area contributed by atoms with E-state index in [2.05, 4.69) is 0 Å². The normalized spacial score (nSPS) is 22.6. The second kappa shape index (κ2) is 5.89. The van der Waals surface area contributed by atoms with Crippen LogP contribution in [-0.4, -0.2) is 53.3 Å². The first-order valence-electron chi connectivity index (χ1n) is 6.37. The van der Waals surface area contributed by atoms with Crippen LogP contribution in [0.15, 0.2) is 0 Å². The van der Waals surface area contributed by atoms with Crippen LogP contribution in [0.1, 0.15) is 32.6 Å². The Kier molecular flexibility index (Phi) is 4.99. The van der Waals surface area contributed by atoms with E-state index in [1.807, 2.05) is 4.90 Å². The van der Waals surface area contributed by atoms with Crippen LogP contribution in [-0.2, 0) is 9.59 Å². The molecule has 1 heterocycles. The number of hydrogen-bond donors (Lipinski definition) is 1. The highest BCUT2D eigenvalue weighted by Crippen LogP contribution is 2.29. The van der Waals surface area contributed by atoms with Crippen molar-refractivity contribution in [2.45, 2.75) is 38.1 Å². The van der Waals surface area contributed by atoms with E-state index in [0.29, 0.717) is 26.2 Å². The Bertz CT molecular complexity index is 321. The lowest BCUT2D eigenvalue weighted by Crippen LogP contribution is -2.58. The summed E-state index contributed by atoms with van der Waals surface area (Å²) >= 11 is 0. The van der Waals surface area contributed by atoms with Crippen molar-refractivity contribution in [2.75, 3.05) is 26.2 Å². The predicted molar refractivity (Wildman–Crippen MR) is 71.5 cm³/mol. The molecule has 0 spiro atoms. The lowest BCUT2D eigenvalue weighted by atomic mass is 9.97. The van der Waals surface area contributed by atoms with Gasteiger partial charge in [-0.2, -0.15) is 0 Å². The van der Waals surface area contributed by atoms with Crippen molar-refractivity contribution in [3.63, 3.8) is 0 Å². The predicted octanol–water partition coefficient (Wildman–Crippen LogP) is 0.370. The molecule has 2 rings (SSSR count). The number of halogens is 1. The van der Waals surface area contributed by atoms with Crippen LogP contribution in [0.5, 0.6) is 0 Å². The molecular formula is C12H22ClN3O2. The van der Waals surface area contributed by atoms with Crippen molar-refractivity contribution in [1.29, 1.82) is 0 Å². The number of nitrogens with zero attached hydrogens (tertiary/aromatic N) is 2. The van der Waals surface area contributed by atoms with Crippen molar-refractivity contribution in [3.8, 4) is 0 Å². The molecule has 6 heteroatoms. The molecule has 2 fully saturated rings. The van der Waals surface area contributed by atoms with Gasteiger partial charge in [0, 0.05) is 33.1 Å². The van der Waals surface area contributed by atoms with Crippen LogP contribution in [0, 0.1) is 0 Å². The monoisotopic (exact) mass is 275 g/mol. The SMILES string of the molecule is CC(=O)N1CCN(C(=O)C2(N)CCCC2)CC1.Cl. The molecule has 1 saturated heterocycles. The fourth-order valence-electron chi connectivity index (χ4n) is 2.76. The molecule has 1 aliphatic heterocycles. The maximum Gasteiger partial charge on any atom is 0.242 e. The highest BCUT2D eigenvalue weighted by molar-refractivity contribution is 5.86. The van der Waals surface area contributed by atoms with E-state index in [-0.39, 0.29) is 24.2 Å². The van der Waals surface area contributed by atoms with Gasteiger partial charge in [0.1, 0.15) is 0 Å². The second-order valence-electron chi connectivity index (χ2n) is 5.16. The quantitative estimate of drug-likeness (QED) is 0.752. The van der Waals surface area contributed by atoms with Crippen molar-refractivity contribution in [1.82, 2.24) is 9.80 Å². The maximum absolute atomic E-state index is 12.3. The number of amides is 2. The molecule has 0 bridgehead atoms. The molecule has 0 unspecified atom stereocenters. The van der Waals surface area contributed by atoms with Gasteiger partial charge < -0.3 is 15.5 Å². The van der Waals surface area contributed by atoms with E-state index in [1.165, 1.54) is 0 Å². The first-order valence-corrected chi connectivity index (χ1v) is 6.37. The average Bonchev–Trinajstić information content (AvgIpc) is 2.76. The Labute approximate surface area is 114 Å². The standard InChI is InChI=1S/C12H21N3O2.ClH/c1-10(16)14-6-8-15(9-7-14)11(17)12(13)4-2-3-5-12;/h2-9,13H2,1H3;1H. The van der Waals surface area contributed by atoms with Crippen molar-refractivity contribution >= 4 is 24.2 Å². The Morgan fingerprint density at radius 3 is 1.89 bits per heavy atom. The van der Waals surface area contributed by atoms with E-state index in [1.54, 1.807) is 11.8 Å². The third-order valence-electron chi connectivity index (χ3n) is 3.93. The molecule has 5 nitrogen and oxygen atoms in total. The molecule has 104 valence electrons. The zero-order valence-electron chi connectivity index (χ0n) is 10.9. The summed E-state index contributed by atoms with van der Waals surface area (Å²) in [5.41, 5.74) is 5.53. The van der Waals surface area contributed by atoms with Gasteiger partial charge in [0.15, 0.2) is 0 Å². The molecule has 2 aliphatic rings. The van der Waals surface area contributed by atoms with Gasteiger partial charge in [-0.05, 0) is 12.8 Å². The summed E-state index contributed by atoms with van der Waals surface area (Å²) in [6.07, 6.45) is 3.71. The number of hydrogen-bond acceptors (Lipinski definition) is 3. The Hall–Kier alpha value is -0.810. The molecule has 0 radical (unpaired) electrons. The van der Waals surface area contributed by atoms with E-state index in [9.17, 15) is 9.59 Å². The summed E-state index contributed by atoms with van der Waals surface area (Å²) in [6.45, 7) is 4.09. The summed E-state index contributed by atoms with van der Waals surface area (Å²) in [4.78, 5) is 27.1. The molecule has 2 N–H and O–H groups in total. The van der Waals surface area contributed by atoms with Crippen LogP contribution in [0.3, 0.4) is 0 Å². The highest BCUT2D eigenvalue weighted by Gasteiger charge is 2.40. The zero-order valence-corrected chi connectivity index (χ0v) is 11.7. The fraction of sp³-hybridized carbons (Fsp3) is 0.833. The van der Waals surface area contributed by atoms with Crippen molar-refractivity contribution in [2.24, 2.45) is 5.73 Å². The lowest BCUT2D eigenvalue weighted by Gasteiger charge is -2.38. The molecule has 2 amide bonds.